The minimum absolute atomic E-state index is 0.101. The van der Waals surface area contributed by atoms with Gasteiger partial charge in [-0.1, -0.05) is 24.0 Å². The molecule has 0 saturated carbocycles. The van der Waals surface area contributed by atoms with Crippen LogP contribution in [0.25, 0.3) is 0 Å². The van der Waals surface area contributed by atoms with E-state index < -0.39 is 0 Å². The molecular formula is C7H14N2S2. The number of hydrogen-bond acceptors (Lipinski definition) is 3. The fourth-order valence-corrected chi connectivity index (χ4v) is 2.75. The number of rotatable bonds is 1. The van der Waals surface area contributed by atoms with Crippen LogP contribution in [0.1, 0.15) is 26.2 Å². The summed E-state index contributed by atoms with van der Waals surface area (Å²) in [6, 6.07) is 0. The van der Waals surface area contributed by atoms with Crippen LogP contribution in [0.2, 0.25) is 0 Å². The van der Waals surface area contributed by atoms with Gasteiger partial charge in [-0.25, -0.2) is 0 Å². The van der Waals surface area contributed by atoms with Crippen LogP contribution in [-0.2, 0) is 0 Å². The highest BCUT2D eigenvalue weighted by Crippen LogP contribution is 2.30. The van der Waals surface area contributed by atoms with Crippen molar-refractivity contribution in [2.45, 2.75) is 31.1 Å². The SMILES string of the molecule is CC1(SC(N)=S)CCCCN1. The Balaban J connectivity index is 2.43. The van der Waals surface area contributed by atoms with Crippen LogP contribution in [0.15, 0.2) is 0 Å². The van der Waals surface area contributed by atoms with E-state index in [9.17, 15) is 0 Å². The summed E-state index contributed by atoms with van der Waals surface area (Å²) in [5, 5.41) is 3.42. The first-order valence-corrected chi connectivity index (χ1v) is 5.08. The molecule has 3 N–H and O–H groups in total. The fourth-order valence-electron chi connectivity index (χ4n) is 1.34. The lowest BCUT2D eigenvalue weighted by Crippen LogP contribution is -2.44. The molecule has 1 aliphatic heterocycles. The molecule has 1 heterocycles. The summed E-state index contributed by atoms with van der Waals surface area (Å²) in [7, 11) is 0. The van der Waals surface area contributed by atoms with E-state index in [0.717, 1.165) is 13.0 Å². The van der Waals surface area contributed by atoms with Gasteiger partial charge in [-0.05, 0) is 32.7 Å². The Kier molecular flexibility index (Phi) is 3.16. The van der Waals surface area contributed by atoms with Gasteiger partial charge in [0.2, 0.25) is 0 Å². The molecule has 64 valence electrons. The monoisotopic (exact) mass is 190 g/mol. The van der Waals surface area contributed by atoms with Crippen molar-refractivity contribution in [1.82, 2.24) is 5.32 Å². The number of thiocarbonyl (C=S) groups is 1. The lowest BCUT2D eigenvalue weighted by atomic mass is 10.1. The smallest absolute Gasteiger partial charge is 0.132 e. The first-order chi connectivity index (χ1) is 5.12. The van der Waals surface area contributed by atoms with Crippen molar-refractivity contribution in [2.75, 3.05) is 6.54 Å². The average Bonchev–Trinajstić information content (AvgIpc) is 1.85. The Bertz CT molecular complexity index is 153. The minimum Gasteiger partial charge on any atom is -0.385 e. The Morgan fingerprint density at radius 2 is 2.36 bits per heavy atom. The van der Waals surface area contributed by atoms with E-state index in [1.165, 1.54) is 12.8 Å². The van der Waals surface area contributed by atoms with Crippen LogP contribution >= 0.6 is 24.0 Å². The van der Waals surface area contributed by atoms with Gasteiger partial charge in [0.05, 0.1) is 4.87 Å². The highest BCUT2D eigenvalue weighted by Gasteiger charge is 2.27. The molecule has 0 radical (unpaired) electrons. The maximum atomic E-state index is 5.46. The van der Waals surface area contributed by atoms with Crippen molar-refractivity contribution in [2.24, 2.45) is 5.73 Å². The van der Waals surface area contributed by atoms with E-state index in [2.05, 4.69) is 12.2 Å². The number of nitrogens with two attached hydrogens (primary N) is 1. The van der Waals surface area contributed by atoms with Crippen molar-refractivity contribution in [1.29, 1.82) is 0 Å². The van der Waals surface area contributed by atoms with E-state index >= 15 is 0 Å². The second-order valence-electron chi connectivity index (χ2n) is 3.04. The molecule has 0 aromatic heterocycles. The second kappa shape index (κ2) is 3.74. The highest BCUT2D eigenvalue weighted by molar-refractivity contribution is 8.23. The molecule has 0 aromatic carbocycles. The molecule has 11 heavy (non-hydrogen) atoms. The van der Waals surface area contributed by atoms with E-state index in [0.29, 0.717) is 4.32 Å². The predicted octanol–water partition coefficient (Wildman–Crippen LogP) is 1.45. The Morgan fingerprint density at radius 1 is 1.64 bits per heavy atom. The first-order valence-electron chi connectivity index (χ1n) is 3.86. The molecule has 0 amide bonds. The van der Waals surface area contributed by atoms with Gasteiger partial charge in [0.25, 0.3) is 0 Å². The Labute approximate surface area is 77.3 Å². The van der Waals surface area contributed by atoms with Gasteiger partial charge in [0.15, 0.2) is 0 Å². The Hall–Kier alpha value is 0.200. The van der Waals surface area contributed by atoms with Gasteiger partial charge in [-0.3, -0.25) is 0 Å². The van der Waals surface area contributed by atoms with Gasteiger partial charge in [-0.15, -0.1) is 0 Å². The molecule has 4 heteroatoms. The van der Waals surface area contributed by atoms with Gasteiger partial charge in [0.1, 0.15) is 4.32 Å². The van der Waals surface area contributed by atoms with E-state index in [1.54, 1.807) is 11.8 Å². The second-order valence-corrected chi connectivity index (χ2v) is 5.28. The topological polar surface area (TPSA) is 38.0 Å². The highest BCUT2D eigenvalue weighted by atomic mass is 32.2. The molecule has 1 rings (SSSR count). The van der Waals surface area contributed by atoms with E-state index in [-0.39, 0.29) is 4.87 Å². The summed E-state index contributed by atoms with van der Waals surface area (Å²) in [4.78, 5) is 0.101. The molecule has 0 bridgehead atoms. The van der Waals surface area contributed by atoms with Gasteiger partial charge in [-0.2, -0.15) is 0 Å². The number of piperidine rings is 1. The van der Waals surface area contributed by atoms with Crippen LogP contribution in [0.4, 0.5) is 0 Å². The van der Waals surface area contributed by atoms with Crippen molar-refractivity contribution >= 4 is 28.3 Å². The first kappa shape index (κ1) is 9.29. The maximum Gasteiger partial charge on any atom is 0.132 e. The van der Waals surface area contributed by atoms with Crippen molar-refractivity contribution in [3.63, 3.8) is 0 Å². The zero-order chi connectivity index (χ0) is 8.32. The third kappa shape index (κ3) is 2.97. The molecule has 0 aliphatic carbocycles. The molecule has 2 nitrogen and oxygen atoms in total. The lowest BCUT2D eigenvalue weighted by Gasteiger charge is -2.33. The third-order valence-electron chi connectivity index (χ3n) is 1.91. The quantitative estimate of drug-likeness (QED) is 0.614. The zero-order valence-electron chi connectivity index (χ0n) is 6.72. The van der Waals surface area contributed by atoms with Crippen molar-refractivity contribution in [3.05, 3.63) is 0 Å². The third-order valence-corrected chi connectivity index (χ3v) is 3.16. The molecule has 1 aliphatic rings. The van der Waals surface area contributed by atoms with Gasteiger partial charge < -0.3 is 11.1 Å². The summed E-state index contributed by atoms with van der Waals surface area (Å²) in [6.07, 6.45) is 3.71. The predicted molar refractivity (Wildman–Crippen MR) is 54.6 cm³/mol. The molecule has 0 aromatic rings. The number of thioether (sulfide) groups is 1. The lowest BCUT2D eigenvalue weighted by molar-refractivity contribution is 0.391. The van der Waals surface area contributed by atoms with Crippen molar-refractivity contribution < 1.29 is 0 Å². The normalized spacial score (nSPS) is 31.7. The van der Waals surface area contributed by atoms with E-state index in [4.69, 9.17) is 18.0 Å². The zero-order valence-corrected chi connectivity index (χ0v) is 8.36. The maximum absolute atomic E-state index is 5.46. The largest absolute Gasteiger partial charge is 0.385 e. The summed E-state index contributed by atoms with van der Waals surface area (Å²) in [5.74, 6) is 0. The average molecular weight is 190 g/mol. The number of nitrogens with one attached hydrogen (secondary N) is 1. The molecule has 1 fully saturated rings. The fraction of sp³-hybridized carbons (Fsp3) is 0.857. The molecular weight excluding hydrogens is 176 g/mol. The van der Waals surface area contributed by atoms with Crippen molar-refractivity contribution in [3.8, 4) is 0 Å². The number of hydrogen-bond donors (Lipinski definition) is 2. The molecule has 1 atom stereocenters. The van der Waals surface area contributed by atoms with E-state index in [1.807, 2.05) is 0 Å². The van der Waals surface area contributed by atoms with Crippen LogP contribution in [0.3, 0.4) is 0 Å². The van der Waals surface area contributed by atoms with Gasteiger partial charge in [0, 0.05) is 0 Å². The van der Waals surface area contributed by atoms with Crippen LogP contribution < -0.4 is 11.1 Å². The molecule has 1 saturated heterocycles. The van der Waals surface area contributed by atoms with Crippen LogP contribution in [0.5, 0.6) is 0 Å². The van der Waals surface area contributed by atoms with Crippen LogP contribution in [0, 0.1) is 0 Å². The molecule has 0 spiro atoms. The molecule has 1 unspecified atom stereocenters. The summed E-state index contributed by atoms with van der Waals surface area (Å²) in [6.45, 7) is 3.25. The Morgan fingerprint density at radius 3 is 2.82 bits per heavy atom. The summed E-state index contributed by atoms with van der Waals surface area (Å²) in [5.41, 5.74) is 5.46. The standard InChI is InChI=1S/C7H14N2S2/c1-7(11-6(8)10)4-2-3-5-9-7/h9H,2-5H2,1H3,(H2,8,10). The minimum atomic E-state index is 0.101. The summed E-state index contributed by atoms with van der Waals surface area (Å²) < 4.78 is 0.543. The van der Waals surface area contributed by atoms with Crippen LogP contribution in [-0.4, -0.2) is 15.7 Å². The summed E-state index contributed by atoms with van der Waals surface area (Å²) >= 11 is 6.42. The van der Waals surface area contributed by atoms with Gasteiger partial charge >= 0.3 is 0 Å².